The maximum absolute atomic E-state index is 12.9. The molecule has 2 amide bonds. The van der Waals surface area contributed by atoms with E-state index in [-0.39, 0.29) is 33.8 Å². The monoisotopic (exact) mass is 462 g/mol. The standard InChI is InChI=1S/C20H16Cl2N4O5/c21-12-6-10-8-26(19(28)13-7-9-2-1-4-24-18(9)31-13)5-3-11(10)15(22)14(12)17(27)25-16(23)20(29)30/h1-2,4,6-7,16H,3,5,8,23H2,(H,25,27)(H,29,30)/t16-/m1/s1. The van der Waals surface area contributed by atoms with Gasteiger partial charge in [0.15, 0.2) is 11.9 Å². The molecule has 3 heterocycles. The van der Waals surface area contributed by atoms with Crippen LogP contribution >= 0.6 is 23.2 Å². The van der Waals surface area contributed by atoms with Crippen LogP contribution in [0.1, 0.15) is 32.0 Å². The van der Waals surface area contributed by atoms with Crippen LogP contribution in [-0.4, -0.2) is 45.5 Å². The number of hydrogen-bond donors (Lipinski definition) is 3. The van der Waals surface area contributed by atoms with E-state index in [4.69, 9.17) is 38.5 Å². The van der Waals surface area contributed by atoms with Crippen LogP contribution in [0.2, 0.25) is 10.0 Å². The summed E-state index contributed by atoms with van der Waals surface area (Å²) >= 11 is 12.7. The van der Waals surface area contributed by atoms with Crippen molar-refractivity contribution >= 4 is 52.1 Å². The molecule has 0 spiro atoms. The zero-order valence-electron chi connectivity index (χ0n) is 15.9. The SMILES string of the molecule is N[C@H](NC(=O)c1c(Cl)cc2c(c1Cl)CCN(C(=O)c1cc3cccnc3o1)C2)C(=O)O. The summed E-state index contributed by atoms with van der Waals surface area (Å²) in [5, 5.41) is 11.9. The van der Waals surface area contributed by atoms with Gasteiger partial charge in [0.1, 0.15) is 0 Å². The Bertz CT molecular complexity index is 1190. The summed E-state index contributed by atoms with van der Waals surface area (Å²) in [7, 11) is 0. The number of halogens is 2. The normalized spacial score (nSPS) is 14.2. The molecular weight excluding hydrogens is 447 g/mol. The smallest absolute Gasteiger partial charge is 0.341 e. The van der Waals surface area contributed by atoms with Gasteiger partial charge in [-0.3, -0.25) is 9.59 Å². The summed E-state index contributed by atoms with van der Waals surface area (Å²) < 4.78 is 5.56. The number of nitrogens with one attached hydrogen (secondary N) is 1. The topological polar surface area (TPSA) is 139 Å². The maximum atomic E-state index is 12.9. The number of hydrogen-bond acceptors (Lipinski definition) is 6. The fraction of sp³-hybridized carbons (Fsp3) is 0.200. The molecule has 4 N–H and O–H groups in total. The first-order chi connectivity index (χ1) is 14.8. The number of fused-ring (bicyclic) bond motifs is 2. The third-order valence-electron chi connectivity index (χ3n) is 4.98. The van der Waals surface area contributed by atoms with E-state index in [1.165, 1.54) is 0 Å². The van der Waals surface area contributed by atoms with E-state index in [0.717, 1.165) is 5.39 Å². The number of rotatable bonds is 4. The van der Waals surface area contributed by atoms with Gasteiger partial charge in [0.2, 0.25) is 5.71 Å². The van der Waals surface area contributed by atoms with Crippen LogP contribution in [-0.2, 0) is 17.8 Å². The fourth-order valence-corrected chi connectivity index (χ4v) is 4.21. The van der Waals surface area contributed by atoms with Crippen LogP contribution in [0.25, 0.3) is 11.1 Å². The molecule has 0 radical (unpaired) electrons. The summed E-state index contributed by atoms with van der Waals surface area (Å²) in [6, 6.07) is 6.74. The van der Waals surface area contributed by atoms with E-state index < -0.39 is 18.0 Å². The van der Waals surface area contributed by atoms with Crippen molar-refractivity contribution in [2.75, 3.05) is 6.54 Å². The first-order valence-corrected chi connectivity index (χ1v) is 9.94. The van der Waals surface area contributed by atoms with Gasteiger partial charge in [-0.25, -0.2) is 9.78 Å². The van der Waals surface area contributed by atoms with Crippen LogP contribution in [0.4, 0.5) is 0 Å². The number of benzene rings is 1. The Morgan fingerprint density at radius 2 is 2.06 bits per heavy atom. The quantitative estimate of drug-likeness (QED) is 0.505. The van der Waals surface area contributed by atoms with E-state index >= 15 is 0 Å². The molecule has 31 heavy (non-hydrogen) atoms. The number of nitrogens with two attached hydrogens (primary N) is 1. The van der Waals surface area contributed by atoms with Gasteiger partial charge in [0.05, 0.1) is 15.6 Å². The summed E-state index contributed by atoms with van der Waals surface area (Å²) in [6.45, 7) is 0.558. The number of aromatic nitrogens is 1. The van der Waals surface area contributed by atoms with E-state index in [1.54, 1.807) is 35.4 Å². The third kappa shape index (κ3) is 3.95. The highest BCUT2D eigenvalue weighted by Crippen LogP contribution is 2.35. The molecule has 2 aromatic heterocycles. The Labute approximate surface area is 185 Å². The molecule has 1 aliphatic heterocycles. The highest BCUT2D eigenvalue weighted by Gasteiger charge is 2.29. The maximum Gasteiger partial charge on any atom is 0.341 e. The Morgan fingerprint density at radius 3 is 2.77 bits per heavy atom. The number of furan rings is 1. The van der Waals surface area contributed by atoms with E-state index in [2.05, 4.69) is 10.3 Å². The average molecular weight is 463 g/mol. The van der Waals surface area contributed by atoms with Crippen molar-refractivity contribution < 1.29 is 23.9 Å². The fourth-order valence-electron chi connectivity index (χ4n) is 3.44. The Morgan fingerprint density at radius 1 is 1.29 bits per heavy atom. The second-order valence-corrected chi connectivity index (χ2v) is 7.74. The molecule has 0 saturated carbocycles. The van der Waals surface area contributed by atoms with Crippen molar-refractivity contribution in [2.24, 2.45) is 5.73 Å². The van der Waals surface area contributed by atoms with E-state index in [1.807, 2.05) is 0 Å². The molecule has 0 bridgehead atoms. The van der Waals surface area contributed by atoms with Crippen molar-refractivity contribution in [1.82, 2.24) is 15.2 Å². The van der Waals surface area contributed by atoms with Crippen molar-refractivity contribution in [2.45, 2.75) is 19.1 Å². The highest BCUT2D eigenvalue weighted by molar-refractivity contribution is 6.40. The van der Waals surface area contributed by atoms with Gasteiger partial charge < -0.3 is 25.5 Å². The first-order valence-electron chi connectivity index (χ1n) is 9.19. The number of carboxylic acid groups (broad SMARTS) is 1. The number of aliphatic carboxylic acids is 1. The van der Waals surface area contributed by atoms with Gasteiger partial charge in [-0.2, -0.15) is 0 Å². The van der Waals surface area contributed by atoms with Crippen LogP contribution < -0.4 is 11.1 Å². The van der Waals surface area contributed by atoms with Gasteiger partial charge in [-0.15, -0.1) is 0 Å². The second kappa shape index (κ2) is 8.18. The molecule has 0 aliphatic carbocycles. The molecule has 0 unspecified atom stereocenters. The molecule has 9 nitrogen and oxygen atoms in total. The molecule has 4 rings (SSSR count). The molecule has 1 aromatic carbocycles. The van der Waals surface area contributed by atoms with Crippen LogP contribution in [0, 0.1) is 0 Å². The second-order valence-electron chi connectivity index (χ2n) is 6.96. The van der Waals surface area contributed by atoms with Crippen molar-refractivity contribution in [3.8, 4) is 0 Å². The average Bonchev–Trinajstić information content (AvgIpc) is 3.16. The molecule has 11 heteroatoms. The highest BCUT2D eigenvalue weighted by atomic mass is 35.5. The summed E-state index contributed by atoms with van der Waals surface area (Å²) in [5.41, 5.74) is 7.02. The Balaban J connectivity index is 1.59. The number of nitrogens with zero attached hydrogens (tertiary/aromatic N) is 2. The minimum Gasteiger partial charge on any atom is -0.479 e. The molecule has 3 aromatic rings. The van der Waals surface area contributed by atoms with Crippen molar-refractivity contribution in [3.63, 3.8) is 0 Å². The van der Waals surface area contributed by atoms with Gasteiger partial charge >= 0.3 is 5.97 Å². The Hall–Kier alpha value is -3.14. The minimum absolute atomic E-state index is 0.0288. The summed E-state index contributed by atoms with van der Waals surface area (Å²) in [4.78, 5) is 41.9. The number of carbonyl (C=O) groups is 3. The lowest BCUT2D eigenvalue weighted by Gasteiger charge is -2.29. The number of carbonyl (C=O) groups excluding carboxylic acids is 2. The van der Waals surface area contributed by atoms with Gasteiger partial charge in [0, 0.05) is 24.7 Å². The molecule has 1 atom stereocenters. The first kappa shape index (κ1) is 21.1. The van der Waals surface area contributed by atoms with Gasteiger partial charge in [0.25, 0.3) is 11.8 Å². The predicted molar refractivity (Wildman–Crippen MR) is 112 cm³/mol. The van der Waals surface area contributed by atoms with Gasteiger partial charge in [-0.05, 0) is 41.8 Å². The van der Waals surface area contributed by atoms with Gasteiger partial charge in [-0.1, -0.05) is 23.2 Å². The predicted octanol–water partition coefficient (Wildman–Crippen LogP) is 2.43. The van der Waals surface area contributed by atoms with E-state index in [9.17, 15) is 14.4 Å². The van der Waals surface area contributed by atoms with Crippen LogP contribution in [0.5, 0.6) is 0 Å². The molecular formula is C20H16Cl2N4O5. The lowest BCUT2D eigenvalue weighted by atomic mass is 9.96. The third-order valence-corrected chi connectivity index (χ3v) is 5.69. The number of pyridine rings is 1. The van der Waals surface area contributed by atoms with Crippen LogP contribution in [0.3, 0.4) is 0 Å². The summed E-state index contributed by atoms with van der Waals surface area (Å²) in [5.74, 6) is -2.31. The number of carboxylic acids is 1. The zero-order valence-corrected chi connectivity index (χ0v) is 17.4. The molecule has 1 aliphatic rings. The van der Waals surface area contributed by atoms with E-state index in [0.29, 0.717) is 29.8 Å². The van der Waals surface area contributed by atoms with Crippen molar-refractivity contribution in [3.05, 3.63) is 63.0 Å². The molecule has 0 fully saturated rings. The van der Waals surface area contributed by atoms with Crippen LogP contribution in [0.15, 0.2) is 34.9 Å². The summed E-state index contributed by atoms with van der Waals surface area (Å²) in [6.07, 6.45) is 0.362. The lowest BCUT2D eigenvalue weighted by molar-refractivity contribution is -0.139. The largest absolute Gasteiger partial charge is 0.479 e. The molecule has 0 saturated heterocycles. The Kier molecular flexibility index (Phi) is 5.57. The lowest BCUT2D eigenvalue weighted by Crippen LogP contribution is -2.47. The molecule has 160 valence electrons. The zero-order chi connectivity index (χ0) is 22.3. The minimum atomic E-state index is -1.60. The van der Waals surface area contributed by atoms with Crippen molar-refractivity contribution in [1.29, 1.82) is 0 Å². The number of amides is 2.